The van der Waals surface area contributed by atoms with Crippen LogP contribution in [0.25, 0.3) is 0 Å². The van der Waals surface area contributed by atoms with E-state index in [2.05, 4.69) is 11.4 Å². The SMILES string of the molecule is CN(C(=O)c1ccc2c(c1)CCN2)c1cccc(C#N)c1. The standard InChI is InChI=1S/C17H15N3O/c1-20(15-4-2-3-12(9-15)11-18)17(21)14-5-6-16-13(10-14)7-8-19-16/h2-6,9-10,19H,7-8H2,1H3. The third kappa shape index (κ3) is 2.46. The Morgan fingerprint density at radius 2 is 2.14 bits per heavy atom. The molecule has 0 atom stereocenters. The smallest absolute Gasteiger partial charge is 0.258 e. The van der Waals surface area contributed by atoms with Gasteiger partial charge in [-0.2, -0.15) is 5.26 Å². The number of rotatable bonds is 2. The van der Waals surface area contributed by atoms with Gasteiger partial charge in [0.25, 0.3) is 5.91 Å². The minimum Gasteiger partial charge on any atom is -0.384 e. The topological polar surface area (TPSA) is 56.1 Å². The van der Waals surface area contributed by atoms with Gasteiger partial charge in [-0.25, -0.2) is 0 Å². The van der Waals surface area contributed by atoms with Gasteiger partial charge < -0.3 is 10.2 Å². The van der Waals surface area contributed by atoms with Crippen LogP contribution in [0.3, 0.4) is 0 Å². The molecule has 0 aliphatic carbocycles. The number of carbonyl (C=O) groups is 1. The third-order valence-electron chi connectivity index (χ3n) is 3.73. The molecule has 0 unspecified atom stereocenters. The van der Waals surface area contributed by atoms with E-state index in [1.165, 1.54) is 5.56 Å². The summed E-state index contributed by atoms with van der Waals surface area (Å²) in [5.41, 5.74) is 4.23. The molecule has 2 aromatic rings. The minimum absolute atomic E-state index is 0.0696. The van der Waals surface area contributed by atoms with Crippen molar-refractivity contribution in [3.63, 3.8) is 0 Å². The molecule has 0 aromatic heterocycles. The quantitative estimate of drug-likeness (QED) is 0.918. The highest BCUT2D eigenvalue weighted by Gasteiger charge is 2.17. The van der Waals surface area contributed by atoms with Crippen LogP contribution in [0.15, 0.2) is 42.5 Å². The summed E-state index contributed by atoms with van der Waals surface area (Å²) in [6.07, 6.45) is 0.948. The number of benzene rings is 2. The van der Waals surface area contributed by atoms with E-state index in [1.807, 2.05) is 24.3 Å². The van der Waals surface area contributed by atoms with E-state index in [9.17, 15) is 4.79 Å². The van der Waals surface area contributed by atoms with Gasteiger partial charge in [-0.3, -0.25) is 4.79 Å². The van der Waals surface area contributed by atoms with E-state index in [0.29, 0.717) is 11.1 Å². The Hall–Kier alpha value is -2.80. The summed E-state index contributed by atoms with van der Waals surface area (Å²) < 4.78 is 0. The van der Waals surface area contributed by atoms with Crippen molar-refractivity contribution in [2.24, 2.45) is 0 Å². The molecule has 0 saturated heterocycles. The number of nitriles is 1. The van der Waals surface area contributed by atoms with E-state index in [0.717, 1.165) is 24.3 Å². The molecule has 1 heterocycles. The Kier molecular flexibility index (Phi) is 3.33. The van der Waals surface area contributed by atoms with Crippen molar-refractivity contribution in [2.75, 3.05) is 23.8 Å². The summed E-state index contributed by atoms with van der Waals surface area (Å²) in [5.74, 6) is -0.0696. The second-order valence-electron chi connectivity index (χ2n) is 5.08. The van der Waals surface area contributed by atoms with Crippen molar-refractivity contribution in [3.8, 4) is 6.07 Å². The molecule has 0 saturated carbocycles. The molecule has 0 spiro atoms. The number of anilines is 2. The zero-order valence-corrected chi connectivity index (χ0v) is 11.8. The number of hydrogen-bond donors (Lipinski definition) is 1. The van der Waals surface area contributed by atoms with Gasteiger partial charge in [-0.15, -0.1) is 0 Å². The first kappa shape index (κ1) is 13.2. The first-order valence-electron chi connectivity index (χ1n) is 6.84. The summed E-state index contributed by atoms with van der Waals surface area (Å²) in [6.45, 7) is 0.924. The second kappa shape index (κ2) is 5.29. The lowest BCUT2D eigenvalue weighted by Crippen LogP contribution is -2.26. The van der Waals surface area contributed by atoms with Crippen molar-refractivity contribution < 1.29 is 4.79 Å². The molecule has 1 aliphatic rings. The molecule has 4 heteroatoms. The number of carbonyl (C=O) groups excluding carboxylic acids is 1. The van der Waals surface area contributed by atoms with Gasteiger partial charge in [0.05, 0.1) is 11.6 Å². The Labute approximate surface area is 123 Å². The molecule has 0 radical (unpaired) electrons. The number of hydrogen-bond acceptors (Lipinski definition) is 3. The molecule has 4 nitrogen and oxygen atoms in total. The monoisotopic (exact) mass is 277 g/mol. The molecular formula is C17H15N3O. The molecule has 0 bridgehead atoms. The van der Waals surface area contributed by atoms with Crippen LogP contribution < -0.4 is 10.2 Å². The van der Waals surface area contributed by atoms with Crippen molar-refractivity contribution in [2.45, 2.75) is 6.42 Å². The molecule has 1 aliphatic heterocycles. The fraction of sp³-hybridized carbons (Fsp3) is 0.176. The van der Waals surface area contributed by atoms with E-state index < -0.39 is 0 Å². The van der Waals surface area contributed by atoms with Crippen molar-refractivity contribution in [3.05, 3.63) is 59.2 Å². The van der Waals surface area contributed by atoms with Crippen LogP contribution in [-0.4, -0.2) is 19.5 Å². The molecule has 104 valence electrons. The molecule has 3 rings (SSSR count). The summed E-state index contributed by atoms with van der Waals surface area (Å²) in [6, 6.07) is 14.9. The number of amides is 1. The van der Waals surface area contributed by atoms with E-state index in [1.54, 1.807) is 30.1 Å². The summed E-state index contributed by atoms with van der Waals surface area (Å²) in [7, 11) is 1.73. The van der Waals surface area contributed by atoms with Crippen LogP contribution >= 0.6 is 0 Å². The largest absolute Gasteiger partial charge is 0.384 e. The molecule has 1 amide bonds. The van der Waals surface area contributed by atoms with Gasteiger partial charge in [0, 0.05) is 30.5 Å². The van der Waals surface area contributed by atoms with Crippen LogP contribution in [0.2, 0.25) is 0 Å². The maximum absolute atomic E-state index is 12.6. The highest BCUT2D eigenvalue weighted by molar-refractivity contribution is 6.06. The highest BCUT2D eigenvalue weighted by atomic mass is 16.2. The molecule has 1 N–H and O–H groups in total. The first-order valence-corrected chi connectivity index (χ1v) is 6.84. The first-order chi connectivity index (χ1) is 10.2. The van der Waals surface area contributed by atoms with E-state index >= 15 is 0 Å². The highest BCUT2D eigenvalue weighted by Crippen LogP contribution is 2.24. The number of nitrogens with zero attached hydrogens (tertiary/aromatic N) is 2. The second-order valence-corrected chi connectivity index (χ2v) is 5.08. The normalized spacial score (nSPS) is 12.2. The minimum atomic E-state index is -0.0696. The van der Waals surface area contributed by atoms with Gasteiger partial charge in [0.2, 0.25) is 0 Å². The Balaban J connectivity index is 1.89. The molecule has 2 aromatic carbocycles. The van der Waals surface area contributed by atoms with Crippen LogP contribution in [-0.2, 0) is 6.42 Å². The summed E-state index contributed by atoms with van der Waals surface area (Å²) in [4.78, 5) is 14.1. The van der Waals surface area contributed by atoms with Gasteiger partial charge in [-0.05, 0) is 48.4 Å². The average Bonchev–Trinajstić information content (AvgIpc) is 3.01. The van der Waals surface area contributed by atoms with Crippen molar-refractivity contribution in [1.29, 1.82) is 5.26 Å². The van der Waals surface area contributed by atoms with Crippen molar-refractivity contribution >= 4 is 17.3 Å². The maximum atomic E-state index is 12.6. The van der Waals surface area contributed by atoms with Gasteiger partial charge in [0.15, 0.2) is 0 Å². The zero-order chi connectivity index (χ0) is 14.8. The summed E-state index contributed by atoms with van der Waals surface area (Å²) >= 11 is 0. The van der Waals surface area contributed by atoms with Crippen LogP contribution in [0.1, 0.15) is 21.5 Å². The lowest BCUT2D eigenvalue weighted by Gasteiger charge is -2.18. The molecular weight excluding hydrogens is 262 g/mol. The molecule has 21 heavy (non-hydrogen) atoms. The fourth-order valence-corrected chi connectivity index (χ4v) is 2.53. The Morgan fingerprint density at radius 3 is 2.95 bits per heavy atom. The Bertz CT molecular complexity index is 746. The Morgan fingerprint density at radius 1 is 1.29 bits per heavy atom. The van der Waals surface area contributed by atoms with Gasteiger partial charge >= 0.3 is 0 Å². The lowest BCUT2D eigenvalue weighted by atomic mass is 10.1. The predicted molar refractivity (Wildman–Crippen MR) is 82.5 cm³/mol. The number of fused-ring (bicyclic) bond motifs is 1. The zero-order valence-electron chi connectivity index (χ0n) is 11.8. The predicted octanol–water partition coefficient (Wildman–Crippen LogP) is 2.80. The maximum Gasteiger partial charge on any atom is 0.258 e. The van der Waals surface area contributed by atoms with Gasteiger partial charge in [0.1, 0.15) is 0 Å². The lowest BCUT2D eigenvalue weighted by molar-refractivity contribution is 0.0993. The average molecular weight is 277 g/mol. The van der Waals surface area contributed by atoms with Crippen LogP contribution in [0, 0.1) is 11.3 Å². The van der Waals surface area contributed by atoms with E-state index in [4.69, 9.17) is 5.26 Å². The van der Waals surface area contributed by atoms with Crippen LogP contribution in [0.5, 0.6) is 0 Å². The molecule has 0 fully saturated rings. The van der Waals surface area contributed by atoms with E-state index in [-0.39, 0.29) is 5.91 Å². The van der Waals surface area contributed by atoms with Crippen molar-refractivity contribution in [1.82, 2.24) is 0 Å². The fourth-order valence-electron chi connectivity index (χ4n) is 2.53. The summed E-state index contributed by atoms with van der Waals surface area (Å²) in [5, 5.41) is 12.2. The number of nitrogens with one attached hydrogen (secondary N) is 1. The van der Waals surface area contributed by atoms with Crippen LogP contribution in [0.4, 0.5) is 11.4 Å². The third-order valence-corrected chi connectivity index (χ3v) is 3.73. The van der Waals surface area contributed by atoms with Gasteiger partial charge in [-0.1, -0.05) is 6.07 Å².